The van der Waals surface area contributed by atoms with Crippen molar-refractivity contribution >= 4 is 11.3 Å². The Hall–Kier alpha value is -1.22. The molecule has 0 aromatic carbocycles. The molecule has 0 aliphatic carbocycles. The van der Waals surface area contributed by atoms with Gasteiger partial charge in [0.15, 0.2) is 0 Å². The molecule has 2 rings (SSSR count). The molecule has 2 heterocycles. The summed E-state index contributed by atoms with van der Waals surface area (Å²) in [7, 11) is 0. The van der Waals surface area contributed by atoms with Crippen molar-refractivity contribution in [3.63, 3.8) is 0 Å². The summed E-state index contributed by atoms with van der Waals surface area (Å²) in [5, 5.41) is 0. The van der Waals surface area contributed by atoms with Crippen molar-refractivity contribution in [3.8, 4) is 10.6 Å². The van der Waals surface area contributed by atoms with E-state index in [1.54, 1.807) is 17.5 Å². The van der Waals surface area contributed by atoms with Gasteiger partial charge in [0.25, 0.3) is 0 Å². The van der Waals surface area contributed by atoms with Gasteiger partial charge in [-0.05, 0) is 26.0 Å². The smallest absolute Gasteiger partial charge is 0.0985 e. The van der Waals surface area contributed by atoms with E-state index in [4.69, 9.17) is 0 Å². The van der Waals surface area contributed by atoms with Crippen LogP contribution in [-0.4, -0.2) is 9.97 Å². The molecule has 2 aromatic heterocycles. The van der Waals surface area contributed by atoms with E-state index in [0.717, 1.165) is 11.4 Å². The number of nitrogens with zero attached hydrogens (tertiary/aromatic N) is 2. The van der Waals surface area contributed by atoms with Crippen LogP contribution in [0.3, 0.4) is 0 Å². The lowest BCUT2D eigenvalue weighted by atomic mass is 10.3. The first-order valence-electron chi connectivity index (χ1n) is 4.11. The van der Waals surface area contributed by atoms with E-state index >= 15 is 0 Å². The van der Waals surface area contributed by atoms with Gasteiger partial charge < -0.3 is 0 Å². The number of aromatic nitrogens is 2. The molecule has 0 spiro atoms. The molecule has 0 aliphatic heterocycles. The van der Waals surface area contributed by atoms with Crippen molar-refractivity contribution in [1.29, 1.82) is 0 Å². The molecular formula is C10H10N2S. The predicted octanol–water partition coefficient (Wildman–Crippen LogP) is 2.82. The molecule has 0 amide bonds. The quantitative estimate of drug-likeness (QED) is 0.691. The number of hydrogen-bond donors (Lipinski definition) is 0. The Morgan fingerprint density at radius 2 is 1.92 bits per heavy atom. The largest absolute Gasteiger partial charge is 0.258 e. The van der Waals surface area contributed by atoms with Crippen LogP contribution < -0.4 is 0 Å². The van der Waals surface area contributed by atoms with Crippen LogP contribution in [0.5, 0.6) is 0 Å². The highest BCUT2D eigenvalue weighted by Crippen LogP contribution is 2.24. The molecule has 3 heteroatoms. The zero-order valence-corrected chi connectivity index (χ0v) is 8.43. The van der Waals surface area contributed by atoms with Gasteiger partial charge in [-0.25, -0.2) is 0 Å². The van der Waals surface area contributed by atoms with E-state index in [1.165, 1.54) is 9.75 Å². The first kappa shape index (κ1) is 8.38. The van der Waals surface area contributed by atoms with Crippen molar-refractivity contribution in [3.05, 3.63) is 35.1 Å². The molecule has 0 fully saturated rings. The number of hydrogen-bond acceptors (Lipinski definition) is 3. The Balaban J connectivity index is 2.41. The van der Waals surface area contributed by atoms with Crippen molar-refractivity contribution in [1.82, 2.24) is 9.97 Å². The van der Waals surface area contributed by atoms with E-state index in [2.05, 4.69) is 29.0 Å². The number of rotatable bonds is 1. The molecule has 2 aromatic rings. The number of aryl methyl sites for hydroxylation is 2. The first-order valence-corrected chi connectivity index (χ1v) is 4.93. The molecule has 66 valence electrons. The van der Waals surface area contributed by atoms with Crippen molar-refractivity contribution < 1.29 is 0 Å². The Morgan fingerprint density at radius 1 is 1.08 bits per heavy atom. The SMILES string of the molecule is Cc1cnc(-c2ccc(C)s2)cn1. The van der Waals surface area contributed by atoms with Crippen LogP contribution in [0.2, 0.25) is 0 Å². The Morgan fingerprint density at radius 3 is 2.46 bits per heavy atom. The molecule has 0 atom stereocenters. The average molecular weight is 190 g/mol. The van der Waals surface area contributed by atoms with Crippen LogP contribution in [0, 0.1) is 13.8 Å². The molecule has 0 N–H and O–H groups in total. The van der Waals surface area contributed by atoms with Crippen LogP contribution in [0.1, 0.15) is 10.6 Å². The summed E-state index contributed by atoms with van der Waals surface area (Å²) < 4.78 is 0. The van der Waals surface area contributed by atoms with E-state index in [9.17, 15) is 0 Å². The van der Waals surface area contributed by atoms with E-state index < -0.39 is 0 Å². The summed E-state index contributed by atoms with van der Waals surface area (Å²) in [5.74, 6) is 0. The van der Waals surface area contributed by atoms with Gasteiger partial charge in [-0.1, -0.05) is 0 Å². The van der Waals surface area contributed by atoms with Gasteiger partial charge in [-0.3, -0.25) is 9.97 Å². The molecule has 13 heavy (non-hydrogen) atoms. The Labute approximate surface area is 81.3 Å². The molecule has 2 nitrogen and oxygen atoms in total. The lowest BCUT2D eigenvalue weighted by Gasteiger charge is -1.95. The standard InChI is InChI=1S/C10H10N2S/c1-7-5-12-9(6-11-7)10-4-3-8(2)13-10/h3-6H,1-2H3. The van der Waals surface area contributed by atoms with Crippen LogP contribution >= 0.6 is 11.3 Å². The molecule has 0 unspecified atom stereocenters. The van der Waals surface area contributed by atoms with Crippen LogP contribution in [0.25, 0.3) is 10.6 Å². The summed E-state index contributed by atoms with van der Waals surface area (Å²) in [6.07, 6.45) is 3.62. The van der Waals surface area contributed by atoms with Gasteiger partial charge in [0.1, 0.15) is 0 Å². The Kier molecular flexibility index (Phi) is 2.10. The lowest BCUT2D eigenvalue weighted by Crippen LogP contribution is -1.85. The fraction of sp³-hybridized carbons (Fsp3) is 0.200. The van der Waals surface area contributed by atoms with Crippen LogP contribution in [-0.2, 0) is 0 Å². The molecule has 0 saturated heterocycles. The summed E-state index contributed by atoms with van der Waals surface area (Å²) in [4.78, 5) is 11.0. The Bertz CT molecular complexity index is 403. The molecule has 0 bridgehead atoms. The fourth-order valence-corrected chi connectivity index (χ4v) is 1.92. The van der Waals surface area contributed by atoms with Gasteiger partial charge in [0.05, 0.1) is 22.5 Å². The highest BCUT2D eigenvalue weighted by Gasteiger charge is 2.01. The zero-order valence-electron chi connectivity index (χ0n) is 7.61. The van der Waals surface area contributed by atoms with E-state index in [-0.39, 0.29) is 0 Å². The summed E-state index contributed by atoms with van der Waals surface area (Å²) in [6.45, 7) is 4.03. The maximum atomic E-state index is 4.31. The van der Waals surface area contributed by atoms with Gasteiger partial charge in [-0.2, -0.15) is 0 Å². The zero-order chi connectivity index (χ0) is 9.26. The van der Waals surface area contributed by atoms with Gasteiger partial charge in [0.2, 0.25) is 0 Å². The third-order valence-corrected chi connectivity index (χ3v) is 2.80. The maximum Gasteiger partial charge on any atom is 0.0985 e. The first-order chi connectivity index (χ1) is 6.25. The molecular weight excluding hydrogens is 180 g/mol. The van der Waals surface area contributed by atoms with Crippen molar-refractivity contribution in [2.75, 3.05) is 0 Å². The molecule has 0 radical (unpaired) electrons. The second kappa shape index (κ2) is 3.26. The fourth-order valence-electron chi connectivity index (χ4n) is 1.09. The van der Waals surface area contributed by atoms with Crippen LogP contribution in [0.4, 0.5) is 0 Å². The minimum absolute atomic E-state index is 0.956. The van der Waals surface area contributed by atoms with Gasteiger partial charge in [0, 0.05) is 11.1 Å². The van der Waals surface area contributed by atoms with Gasteiger partial charge >= 0.3 is 0 Å². The minimum Gasteiger partial charge on any atom is -0.258 e. The number of thiophene rings is 1. The van der Waals surface area contributed by atoms with Crippen molar-refractivity contribution in [2.45, 2.75) is 13.8 Å². The third kappa shape index (κ3) is 1.75. The van der Waals surface area contributed by atoms with Gasteiger partial charge in [-0.15, -0.1) is 11.3 Å². The summed E-state index contributed by atoms with van der Waals surface area (Å²) in [6, 6.07) is 4.18. The monoisotopic (exact) mass is 190 g/mol. The second-order valence-corrected chi connectivity index (χ2v) is 4.24. The maximum absolute atomic E-state index is 4.31. The third-order valence-electron chi connectivity index (χ3n) is 1.77. The molecule has 0 aliphatic rings. The van der Waals surface area contributed by atoms with E-state index in [0.29, 0.717) is 0 Å². The molecule has 0 saturated carbocycles. The highest BCUT2D eigenvalue weighted by atomic mass is 32.1. The summed E-state index contributed by atoms with van der Waals surface area (Å²) in [5.41, 5.74) is 1.92. The lowest BCUT2D eigenvalue weighted by molar-refractivity contribution is 1.13. The van der Waals surface area contributed by atoms with E-state index in [1.807, 2.05) is 13.1 Å². The normalized spacial score (nSPS) is 10.3. The highest BCUT2D eigenvalue weighted by molar-refractivity contribution is 7.15. The summed E-state index contributed by atoms with van der Waals surface area (Å²) >= 11 is 1.74. The van der Waals surface area contributed by atoms with Crippen molar-refractivity contribution in [2.24, 2.45) is 0 Å². The second-order valence-electron chi connectivity index (χ2n) is 2.95. The average Bonchev–Trinajstić information content (AvgIpc) is 2.53. The topological polar surface area (TPSA) is 25.8 Å². The predicted molar refractivity (Wildman–Crippen MR) is 54.8 cm³/mol. The minimum atomic E-state index is 0.956. The van der Waals surface area contributed by atoms with Crippen LogP contribution in [0.15, 0.2) is 24.5 Å².